The molecule has 0 radical (unpaired) electrons. The molecule has 0 aliphatic heterocycles. The van der Waals surface area contributed by atoms with Crippen LogP contribution in [0.5, 0.6) is 0 Å². The second-order valence-electron chi connectivity index (χ2n) is 5.67. The molecule has 2 aliphatic rings. The molecule has 0 spiro atoms. The first-order valence-corrected chi connectivity index (χ1v) is 6.73. The summed E-state index contributed by atoms with van der Waals surface area (Å²) in [7, 11) is 0. The molecule has 1 saturated carbocycles. The van der Waals surface area contributed by atoms with Crippen LogP contribution in [-0.2, 0) is 11.8 Å². The zero-order valence-electron chi connectivity index (χ0n) is 10.4. The predicted octanol–water partition coefficient (Wildman–Crippen LogP) is 3.13. The van der Waals surface area contributed by atoms with Gasteiger partial charge in [-0.2, -0.15) is 0 Å². The SMILES string of the molecule is NCC12CC1Cc1ccccc1-c1ccccc12. The first-order chi connectivity index (χ1) is 8.85. The van der Waals surface area contributed by atoms with Crippen LogP contribution < -0.4 is 5.73 Å². The van der Waals surface area contributed by atoms with E-state index in [1.54, 1.807) is 0 Å². The lowest BCUT2D eigenvalue weighted by molar-refractivity contribution is 0.617. The summed E-state index contributed by atoms with van der Waals surface area (Å²) >= 11 is 0. The van der Waals surface area contributed by atoms with E-state index in [0.717, 1.165) is 12.5 Å². The molecule has 2 N–H and O–H groups in total. The molecular weight excluding hydrogens is 218 g/mol. The normalized spacial score (nSPS) is 27.7. The minimum absolute atomic E-state index is 0.260. The Bertz CT molecular complexity index is 617. The lowest BCUT2D eigenvalue weighted by Gasteiger charge is -2.17. The minimum atomic E-state index is 0.260. The largest absolute Gasteiger partial charge is 0.330 e. The maximum Gasteiger partial charge on any atom is 0.0116 e. The van der Waals surface area contributed by atoms with Gasteiger partial charge in [0.15, 0.2) is 0 Å². The summed E-state index contributed by atoms with van der Waals surface area (Å²) in [6.45, 7) is 0.780. The quantitative estimate of drug-likeness (QED) is 0.807. The molecule has 2 aromatic rings. The van der Waals surface area contributed by atoms with Crippen LogP contribution in [0.15, 0.2) is 48.5 Å². The minimum Gasteiger partial charge on any atom is -0.330 e. The summed E-state index contributed by atoms with van der Waals surface area (Å²) in [6, 6.07) is 17.7. The number of hydrogen-bond donors (Lipinski definition) is 1. The van der Waals surface area contributed by atoms with Crippen LogP contribution in [0.3, 0.4) is 0 Å². The number of benzene rings is 2. The summed E-state index contributed by atoms with van der Waals surface area (Å²) in [6.07, 6.45) is 2.44. The van der Waals surface area contributed by atoms with Crippen molar-refractivity contribution in [1.82, 2.24) is 0 Å². The van der Waals surface area contributed by atoms with E-state index >= 15 is 0 Å². The summed E-state index contributed by atoms with van der Waals surface area (Å²) in [4.78, 5) is 0. The van der Waals surface area contributed by atoms with E-state index in [0.29, 0.717) is 0 Å². The van der Waals surface area contributed by atoms with Crippen molar-refractivity contribution in [1.29, 1.82) is 0 Å². The van der Waals surface area contributed by atoms with Gasteiger partial charge in [0.1, 0.15) is 0 Å². The van der Waals surface area contributed by atoms with E-state index in [-0.39, 0.29) is 5.41 Å². The van der Waals surface area contributed by atoms with Crippen molar-refractivity contribution < 1.29 is 0 Å². The zero-order chi connectivity index (χ0) is 12.2. The third-order valence-electron chi connectivity index (χ3n) is 4.83. The van der Waals surface area contributed by atoms with Gasteiger partial charge in [-0.1, -0.05) is 48.5 Å². The van der Waals surface area contributed by atoms with Crippen LogP contribution in [-0.4, -0.2) is 6.54 Å². The maximum absolute atomic E-state index is 6.10. The van der Waals surface area contributed by atoms with Gasteiger partial charge in [0.2, 0.25) is 0 Å². The summed E-state index contributed by atoms with van der Waals surface area (Å²) < 4.78 is 0. The van der Waals surface area contributed by atoms with Crippen LogP contribution in [0.1, 0.15) is 17.5 Å². The van der Waals surface area contributed by atoms with Gasteiger partial charge in [0.05, 0.1) is 0 Å². The molecule has 0 aromatic heterocycles. The van der Waals surface area contributed by atoms with Gasteiger partial charge >= 0.3 is 0 Å². The van der Waals surface area contributed by atoms with Crippen molar-refractivity contribution in [2.75, 3.05) is 6.54 Å². The standard InChI is InChI=1S/C17H17N/c18-11-17-10-13(17)9-12-5-1-2-6-14(12)15-7-3-4-8-16(15)17/h1-8,13H,9-11,18H2. The van der Waals surface area contributed by atoms with Crippen LogP contribution in [0.25, 0.3) is 11.1 Å². The topological polar surface area (TPSA) is 26.0 Å². The van der Waals surface area contributed by atoms with Crippen LogP contribution in [0, 0.1) is 5.92 Å². The molecule has 0 bridgehead atoms. The molecule has 0 saturated heterocycles. The second kappa shape index (κ2) is 3.46. The summed E-state index contributed by atoms with van der Waals surface area (Å²) in [5.41, 5.74) is 12.1. The van der Waals surface area contributed by atoms with Gasteiger partial charge in [-0.05, 0) is 41.0 Å². The van der Waals surface area contributed by atoms with E-state index in [2.05, 4.69) is 48.5 Å². The van der Waals surface area contributed by atoms with Gasteiger partial charge in [0, 0.05) is 12.0 Å². The Kier molecular flexibility index (Phi) is 1.98. The summed E-state index contributed by atoms with van der Waals surface area (Å²) in [5.74, 6) is 0.743. The Labute approximate surface area is 108 Å². The third-order valence-corrected chi connectivity index (χ3v) is 4.83. The first kappa shape index (κ1) is 10.3. The average Bonchev–Trinajstić information content (AvgIpc) is 3.14. The Morgan fingerprint density at radius 2 is 1.72 bits per heavy atom. The highest BCUT2D eigenvalue weighted by Gasteiger charge is 2.55. The van der Waals surface area contributed by atoms with Crippen LogP contribution in [0.2, 0.25) is 0 Å². The fraction of sp³-hybridized carbons (Fsp3) is 0.294. The Hall–Kier alpha value is -1.60. The van der Waals surface area contributed by atoms with Crippen molar-refractivity contribution in [3.05, 3.63) is 59.7 Å². The van der Waals surface area contributed by atoms with E-state index in [4.69, 9.17) is 5.73 Å². The van der Waals surface area contributed by atoms with Crippen molar-refractivity contribution in [3.8, 4) is 11.1 Å². The highest BCUT2D eigenvalue weighted by atomic mass is 14.7. The van der Waals surface area contributed by atoms with Gasteiger partial charge in [-0.25, -0.2) is 0 Å². The molecule has 2 unspecified atom stereocenters. The zero-order valence-corrected chi connectivity index (χ0v) is 10.4. The lowest BCUT2D eigenvalue weighted by Crippen LogP contribution is -2.22. The van der Waals surface area contributed by atoms with Gasteiger partial charge in [-0.15, -0.1) is 0 Å². The number of hydrogen-bond acceptors (Lipinski definition) is 1. The number of nitrogens with two attached hydrogens (primary N) is 1. The highest BCUT2D eigenvalue weighted by molar-refractivity contribution is 5.74. The van der Waals surface area contributed by atoms with E-state index in [1.165, 1.54) is 35.1 Å². The Morgan fingerprint density at radius 1 is 1.00 bits per heavy atom. The van der Waals surface area contributed by atoms with Crippen molar-refractivity contribution in [3.63, 3.8) is 0 Å². The molecule has 18 heavy (non-hydrogen) atoms. The second-order valence-corrected chi connectivity index (χ2v) is 5.67. The lowest BCUT2D eigenvalue weighted by atomic mass is 9.88. The average molecular weight is 235 g/mol. The highest BCUT2D eigenvalue weighted by Crippen LogP contribution is 2.59. The molecule has 0 heterocycles. The van der Waals surface area contributed by atoms with Crippen molar-refractivity contribution in [2.24, 2.45) is 11.7 Å². The third kappa shape index (κ3) is 1.20. The maximum atomic E-state index is 6.10. The van der Waals surface area contributed by atoms with Gasteiger partial charge in [0.25, 0.3) is 0 Å². The molecular formula is C17H17N. The molecule has 1 heteroatoms. The Morgan fingerprint density at radius 3 is 2.56 bits per heavy atom. The van der Waals surface area contributed by atoms with E-state index in [1.807, 2.05) is 0 Å². The molecule has 2 aliphatic carbocycles. The molecule has 1 nitrogen and oxygen atoms in total. The fourth-order valence-corrected chi connectivity index (χ4v) is 3.72. The van der Waals surface area contributed by atoms with E-state index in [9.17, 15) is 0 Å². The van der Waals surface area contributed by atoms with Crippen molar-refractivity contribution >= 4 is 0 Å². The van der Waals surface area contributed by atoms with Crippen LogP contribution in [0.4, 0.5) is 0 Å². The Balaban J connectivity index is 2.02. The summed E-state index contributed by atoms with van der Waals surface area (Å²) in [5, 5.41) is 0. The first-order valence-electron chi connectivity index (χ1n) is 6.73. The number of fused-ring (bicyclic) bond motifs is 5. The molecule has 0 amide bonds. The molecule has 4 rings (SSSR count). The van der Waals surface area contributed by atoms with Crippen molar-refractivity contribution in [2.45, 2.75) is 18.3 Å². The molecule has 2 atom stereocenters. The van der Waals surface area contributed by atoms with E-state index < -0.39 is 0 Å². The smallest absolute Gasteiger partial charge is 0.0116 e. The number of rotatable bonds is 1. The molecule has 90 valence electrons. The van der Waals surface area contributed by atoms with Gasteiger partial charge < -0.3 is 5.73 Å². The molecule has 2 aromatic carbocycles. The molecule has 1 fully saturated rings. The predicted molar refractivity (Wildman–Crippen MR) is 74.4 cm³/mol. The monoisotopic (exact) mass is 235 g/mol. The van der Waals surface area contributed by atoms with Gasteiger partial charge in [-0.3, -0.25) is 0 Å². The fourth-order valence-electron chi connectivity index (χ4n) is 3.72. The van der Waals surface area contributed by atoms with Crippen LogP contribution >= 0.6 is 0 Å².